The summed E-state index contributed by atoms with van der Waals surface area (Å²) >= 11 is 0. The summed E-state index contributed by atoms with van der Waals surface area (Å²) in [6.45, 7) is 0. The molecule has 0 spiro atoms. The van der Waals surface area contributed by atoms with E-state index < -0.39 is 0 Å². The molecule has 6 rings (SSSR count). The molecule has 0 aliphatic carbocycles. The molecule has 7 heteroatoms. The van der Waals surface area contributed by atoms with E-state index in [2.05, 4.69) is 19.9 Å². The van der Waals surface area contributed by atoms with E-state index in [4.69, 9.17) is 13.6 Å². The quantitative estimate of drug-likeness (QED) is 0.383. The molecule has 0 saturated carbocycles. The molecule has 5 aromatic rings. The lowest BCUT2D eigenvalue weighted by Crippen LogP contribution is -2.07. The second kappa shape index (κ2) is 7.21. The van der Waals surface area contributed by atoms with Crippen molar-refractivity contribution in [3.05, 3.63) is 85.1 Å². The van der Waals surface area contributed by atoms with Crippen LogP contribution in [-0.4, -0.2) is 19.9 Å². The smallest absolute Gasteiger partial charge is 0.227 e. The van der Waals surface area contributed by atoms with Crippen LogP contribution in [0.3, 0.4) is 0 Å². The summed E-state index contributed by atoms with van der Waals surface area (Å²) in [6.07, 6.45) is 5.72. The minimum absolute atomic E-state index is 0.227. The van der Waals surface area contributed by atoms with Gasteiger partial charge in [0.25, 0.3) is 0 Å². The maximum atomic E-state index is 5.87. The first-order valence-corrected chi connectivity index (χ1v) is 9.90. The molecule has 0 fully saturated rings. The second-order valence-corrected chi connectivity index (χ2v) is 7.11. The van der Waals surface area contributed by atoms with Crippen LogP contribution < -0.4 is 0 Å². The molecule has 0 saturated heterocycles. The van der Waals surface area contributed by atoms with Gasteiger partial charge in [-0.05, 0) is 42.5 Å². The molecule has 1 unspecified atom stereocenters. The fourth-order valence-electron chi connectivity index (χ4n) is 3.49. The average molecular weight is 408 g/mol. The van der Waals surface area contributed by atoms with Crippen molar-refractivity contribution in [3.63, 3.8) is 0 Å². The number of para-hydroxylation sites is 2. The van der Waals surface area contributed by atoms with E-state index in [9.17, 15) is 0 Å². The second-order valence-electron chi connectivity index (χ2n) is 7.11. The van der Waals surface area contributed by atoms with Crippen molar-refractivity contribution >= 4 is 11.1 Å². The van der Waals surface area contributed by atoms with Gasteiger partial charge >= 0.3 is 0 Å². The minimum atomic E-state index is -0.227. The van der Waals surface area contributed by atoms with Gasteiger partial charge in [0.2, 0.25) is 5.89 Å². The Balaban J connectivity index is 1.39. The Labute approximate surface area is 177 Å². The molecule has 1 atom stereocenters. The van der Waals surface area contributed by atoms with Gasteiger partial charge in [0.1, 0.15) is 5.52 Å². The molecule has 31 heavy (non-hydrogen) atoms. The topological polar surface area (TPSA) is 87.1 Å². The SMILES string of the molecule is C1=COC(c2nc(-c3ccc(-c4nc5ccccc5o4)cc3)nc(-c3ccco3)n2)C1. The fourth-order valence-corrected chi connectivity index (χ4v) is 3.49. The first kappa shape index (κ1) is 17.6. The summed E-state index contributed by atoms with van der Waals surface area (Å²) in [4.78, 5) is 18.4. The monoisotopic (exact) mass is 408 g/mol. The van der Waals surface area contributed by atoms with Crippen LogP contribution in [0.4, 0.5) is 0 Å². The van der Waals surface area contributed by atoms with E-state index >= 15 is 0 Å². The lowest BCUT2D eigenvalue weighted by Gasteiger charge is -2.11. The standard InChI is InChI=1S/C24H16N4O3/c1-2-6-18-17(5-1)25-24(31-18)16-11-9-15(10-12-16)21-26-22(19-7-3-13-29-19)28-23(27-21)20-8-4-14-30-20/h1-7,9-14,20H,8H2. The maximum absolute atomic E-state index is 5.87. The van der Waals surface area contributed by atoms with E-state index in [0.717, 1.165) is 28.6 Å². The Morgan fingerprint density at radius 2 is 1.61 bits per heavy atom. The number of hydrogen-bond donors (Lipinski definition) is 0. The molecule has 1 aliphatic rings. The van der Waals surface area contributed by atoms with Crippen molar-refractivity contribution in [2.24, 2.45) is 0 Å². The van der Waals surface area contributed by atoms with Crippen LogP contribution in [0.15, 0.2) is 88.1 Å². The van der Waals surface area contributed by atoms with Crippen LogP contribution in [0.1, 0.15) is 18.3 Å². The number of nitrogens with zero attached hydrogens (tertiary/aromatic N) is 4. The number of ether oxygens (including phenoxy) is 1. The van der Waals surface area contributed by atoms with Gasteiger partial charge in [-0.1, -0.05) is 24.3 Å². The molecule has 7 nitrogen and oxygen atoms in total. The largest absolute Gasteiger partial charge is 0.490 e. The van der Waals surface area contributed by atoms with Crippen molar-refractivity contribution < 1.29 is 13.6 Å². The Hall–Kier alpha value is -4.26. The van der Waals surface area contributed by atoms with Gasteiger partial charge in [0.15, 0.2) is 34.9 Å². The van der Waals surface area contributed by atoms with Gasteiger partial charge in [-0.3, -0.25) is 0 Å². The molecule has 0 N–H and O–H groups in total. The third-order valence-corrected chi connectivity index (χ3v) is 5.06. The maximum Gasteiger partial charge on any atom is 0.227 e. The molecule has 0 radical (unpaired) electrons. The van der Waals surface area contributed by atoms with Crippen molar-refractivity contribution in [1.82, 2.24) is 19.9 Å². The van der Waals surface area contributed by atoms with Gasteiger partial charge in [-0.25, -0.2) is 19.9 Å². The Morgan fingerprint density at radius 1 is 0.774 bits per heavy atom. The fraction of sp³-hybridized carbons (Fsp3) is 0.0833. The number of oxazole rings is 1. The summed E-state index contributed by atoms with van der Waals surface area (Å²) < 4.78 is 17.0. The molecule has 4 heterocycles. The zero-order chi connectivity index (χ0) is 20.6. The van der Waals surface area contributed by atoms with E-state index in [1.807, 2.05) is 60.7 Å². The third kappa shape index (κ3) is 3.26. The highest BCUT2D eigenvalue weighted by atomic mass is 16.5. The molecular formula is C24H16N4O3. The minimum Gasteiger partial charge on any atom is -0.490 e. The predicted octanol–water partition coefficient (Wildman–Crippen LogP) is 5.58. The third-order valence-electron chi connectivity index (χ3n) is 5.06. The summed E-state index contributed by atoms with van der Waals surface area (Å²) in [5.41, 5.74) is 3.32. The van der Waals surface area contributed by atoms with E-state index in [1.165, 1.54) is 0 Å². The first-order chi connectivity index (χ1) is 15.3. The van der Waals surface area contributed by atoms with Crippen LogP contribution in [0.5, 0.6) is 0 Å². The number of fused-ring (bicyclic) bond motifs is 1. The van der Waals surface area contributed by atoms with Crippen LogP contribution in [-0.2, 0) is 4.74 Å². The van der Waals surface area contributed by atoms with Crippen molar-refractivity contribution in [2.75, 3.05) is 0 Å². The molecule has 2 aromatic carbocycles. The zero-order valence-corrected chi connectivity index (χ0v) is 16.3. The molecule has 0 amide bonds. The highest BCUT2D eigenvalue weighted by molar-refractivity contribution is 5.76. The van der Waals surface area contributed by atoms with Crippen LogP contribution in [0.2, 0.25) is 0 Å². The number of furan rings is 1. The van der Waals surface area contributed by atoms with E-state index in [0.29, 0.717) is 29.1 Å². The Kier molecular flexibility index (Phi) is 4.09. The Morgan fingerprint density at radius 3 is 2.39 bits per heavy atom. The van der Waals surface area contributed by atoms with Gasteiger partial charge in [0, 0.05) is 17.5 Å². The molecular weight excluding hydrogens is 392 g/mol. The number of rotatable bonds is 4. The summed E-state index contributed by atoms with van der Waals surface area (Å²) in [5.74, 6) is 2.76. The summed E-state index contributed by atoms with van der Waals surface area (Å²) in [5, 5.41) is 0. The van der Waals surface area contributed by atoms with E-state index in [1.54, 1.807) is 18.6 Å². The van der Waals surface area contributed by atoms with Gasteiger partial charge in [-0.15, -0.1) is 0 Å². The summed E-state index contributed by atoms with van der Waals surface area (Å²) in [6, 6.07) is 19.1. The van der Waals surface area contributed by atoms with Gasteiger partial charge in [0.05, 0.1) is 12.5 Å². The average Bonchev–Trinajstić information content (AvgIpc) is 3.60. The number of aromatic nitrogens is 4. The highest BCUT2D eigenvalue weighted by Gasteiger charge is 2.21. The van der Waals surface area contributed by atoms with Crippen molar-refractivity contribution in [1.29, 1.82) is 0 Å². The lowest BCUT2D eigenvalue weighted by atomic mass is 10.1. The predicted molar refractivity (Wildman–Crippen MR) is 114 cm³/mol. The molecule has 3 aromatic heterocycles. The summed E-state index contributed by atoms with van der Waals surface area (Å²) in [7, 11) is 0. The van der Waals surface area contributed by atoms with E-state index in [-0.39, 0.29) is 6.10 Å². The van der Waals surface area contributed by atoms with Crippen LogP contribution in [0, 0.1) is 0 Å². The lowest BCUT2D eigenvalue weighted by molar-refractivity contribution is 0.164. The normalized spacial score (nSPS) is 15.4. The van der Waals surface area contributed by atoms with Gasteiger partial charge < -0.3 is 13.6 Å². The molecule has 150 valence electrons. The first-order valence-electron chi connectivity index (χ1n) is 9.90. The number of benzene rings is 2. The molecule has 0 bridgehead atoms. The molecule has 1 aliphatic heterocycles. The zero-order valence-electron chi connectivity index (χ0n) is 16.3. The highest BCUT2D eigenvalue weighted by Crippen LogP contribution is 2.30. The van der Waals surface area contributed by atoms with Crippen molar-refractivity contribution in [2.45, 2.75) is 12.5 Å². The van der Waals surface area contributed by atoms with Crippen LogP contribution in [0.25, 0.3) is 45.5 Å². The Bertz CT molecular complexity index is 1350. The van der Waals surface area contributed by atoms with Crippen molar-refractivity contribution in [3.8, 4) is 34.4 Å². The van der Waals surface area contributed by atoms with Gasteiger partial charge in [-0.2, -0.15) is 0 Å². The van der Waals surface area contributed by atoms with Crippen LogP contribution >= 0.6 is 0 Å². The number of hydrogen-bond acceptors (Lipinski definition) is 7.